The molecule has 0 bridgehead atoms. The molecule has 0 unspecified atom stereocenters. The molecule has 0 radical (unpaired) electrons. The Kier molecular flexibility index (Phi) is 5.49. The summed E-state index contributed by atoms with van der Waals surface area (Å²) in [5.41, 5.74) is 10.5. The van der Waals surface area contributed by atoms with E-state index in [-0.39, 0.29) is 0 Å². The van der Waals surface area contributed by atoms with Crippen LogP contribution in [-0.4, -0.2) is 9.97 Å². The van der Waals surface area contributed by atoms with E-state index in [1.54, 1.807) is 0 Å². The fourth-order valence-electron chi connectivity index (χ4n) is 5.20. The van der Waals surface area contributed by atoms with Crippen molar-refractivity contribution in [1.29, 1.82) is 0 Å². The molecule has 178 valence electrons. The van der Waals surface area contributed by atoms with Crippen LogP contribution in [-0.2, 0) is 0 Å². The van der Waals surface area contributed by atoms with Gasteiger partial charge in [-0.2, -0.15) is 0 Å². The van der Waals surface area contributed by atoms with E-state index in [1.165, 1.54) is 5.56 Å². The quantitative estimate of drug-likeness (QED) is 0.233. The fourth-order valence-corrected chi connectivity index (χ4v) is 5.20. The third kappa shape index (κ3) is 3.93. The number of fused-ring (bicyclic) bond motifs is 3. The molecule has 38 heavy (non-hydrogen) atoms. The number of pyridine rings is 2. The highest BCUT2D eigenvalue weighted by molar-refractivity contribution is 6.15. The van der Waals surface area contributed by atoms with Gasteiger partial charge in [0.05, 0.1) is 22.4 Å². The molecule has 0 aliphatic rings. The number of nitrogens with zero attached hydrogens (tertiary/aromatic N) is 2. The second-order valence-corrected chi connectivity index (χ2v) is 9.43. The van der Waals surface area contributed by atoms with Gasteiger partial charge in [0.15, 0.2) is 0 Å². The van der Waals surface area contributed by atoms with Gasteiger partial charge >= 0.3 is 0 Å². The molecule has 0 aliphatic carbocycles. The number of hydrogen-bond donors (Lipinski definition) is 0. The molecule has 2 heterocycles. The first-order valence-corrected chi connectivity index (χ1v) is 12.9. The maximum absolute atomic E-state index is 5.27. The smallest absolute Gasteiger partial charge is 0.0979 e. The Morgan fingerprint density at radius 3 is 1.29 bits per heavy atom. The summed E-state index contributed by atoms with van der Waals surface area (Å²) in [5, 5.41) is 2.19. The van der Waals surface area contributed by atoms with Crippen LogP contribution < -0.4 is 0 Å². The second-order valence-electron chi connectivity index (χ2n) is 9.43. The molecule has 0 spiro atoms. The maximum atomic E-state index is 5.27. The van der Waals surface area contributed by atoms with Gasteiger partial charge in [-0.05, 0) is 46.5 Å². The minimum atomic E-state index is 0.915. The van der Waals surface area contributed by atoms with Gasteiger partial charge in [-0.3, -0.25) is 0 Å². The molecule has 5 aromatic carbocycles. The molecule has 0 saturated heterocycles. The van der Waals surface area contributed by atoms with Crippen LogP contribution >= 0.6 is 0 Å². The molecule has 7 aromatic rings. The second kappa shape index (κ2) is 9.42. The van der Waals surface area contributed by atoms with Crippen LogP contribution in [0.15, 0.2) is 146 Å². The van der Waals surface area contributed by atoms with E-state index in [0.29, 0.717) is 0 Å². The largest absolute Gasteiger partial charge is 0.245 e. The summed E-state index contributed by atoms with van der Waals surface area (Å²) >= 11 is 0. The monoisotopic (exact) mass is 484 g/mol. The molecule has 2 heteroatoms. The predicted molar refractivity (Wildman–Crippen MR) is 159 cm³/mol. The van der Waals surface area contributed by atoms with Gasteiger partial charge in [-0.25, -0.2) is 9.97 Å². The molecule has 0 atom stereocenters. The van der Waals surface area contributed by atoms with Crippen LogP contribution in [0.4, 0.5) is 0 Å². The van der Waals surface area contributed by atoms with Crippen LogP contribution in [0.1, 0.15) is 0 Å². The standard InChI is InChI=1S/C36H24N2/c1-5-13-25(14-6-1)30-23-32-31(26-15-7-2-8-16-26)24-34(28-19-11-4-12-20-28)38-36(32)35-29(30)21-22-33(37-35)27-17-9-3-10-18-27/h1-24H. The molecule has 0 N–H and O–H groups in total. The normalized spacial score (nSPS) is 11.2. The zero-order valence-electron chi connectivity index (χ0n) is 20.8. The highest BCUT2D eigenvalue weighted by Crippen LogP contribution is 2.40. The Hall–Kier alpha value is -5.08. The fraction of sp³-hybridized carbons (Fsp3) is 0. The molecule has 2 aromatic heterocycles. The number of aromatic nitrogens is 2. The Morgan fingerprint density at radius 2 is 0.737 bits per heavy atom. The number of hydrogen-bond acceptors (Lipinski definition) is 2. The van der Waals surface area contributed by atoms with E-state index >= 15 is 0 Å². The molecular weight excluding hydrogens is 460 g/mol. The van der Waals surface area contributed by atoms with Crippen LogP contribution in [0.5, 0.6) is 0 Å². The van der Waals surface area contributed by atoms with Gasteiger partial charge in [0.2, 0.25) is 0 Å². The van der Waals surface area contributed by atoms with E-state index in [1.807, 2.05) is 12.1 Å². The highest BCUT2D eigenvalue weighted by Gasteiger charge is 2.17. The van der Waals surface area contributed by atoms with Gasteiger partial charge in [-0.15, -0.1) is 0 Å². The third-order valence-electron chi connectivity index (χ3n) is 7.07. The van der Waals surface area contributed by atoms with E-state index in [2.05, 4.69) is 133 Å². The average molecular weight is 485 g/mol. The summed E-state index contributed by atoms with van der Waals surface area (Å²) in [6, 6.07) is 50.7. The topological polar surface area (TPSA) is 25.8 Å². The first-order valence-electron chi connectivity index (χ1n) is 12.9. The van der Waals surface area contributed by atoms with E-state index in [4.69, 9.17) is 9.97 Å². The summed E-state index contributed by atoms with van der Waals surface area (Å²) in [7, 11) is 0. The third-order valence-corrected chi connectivity index (χ3v) is 7.07. The van der Waals surface area contributed by atoms with Gasteiger partial charge in [0.1, 0.15) is 0 Å². The molecule has 7 rings (SSSR count). The van der Waals surface area contributed by atoms with Gasteiger partial charge in [0, 0.05) is 21.9 Å². The van der Waals surface area contributed by atoms with Gasteiger partial charge in [0.25, 0.3) is 0 Å². The lowest BCUT2D eigenvalue weighted by Gasteiger charge is -2.16. The minimum absolute atomic E-state index is 0.915. The van der Waals surface area contributed by atoms with Gasteiger partial charge in [-0.1, -0.05) is 121 Å². The zero-order valence-corrected chi connectivity index (χ0v) is 20.8. The van der Waals surface area contributed by atoms with Gasteiger partial charge < -0.3 is 0 Å². The Balaban J connectivity index is 1.63. The lowest BCUT2D eigenvalue weighted by atomic mass is 9.92. The van der Waals surface area contributed by atoms with Crippen molar-refractivity contribution in [2.45, 2.75) is 0 Å². The molecule has 0 saturated carbocycles. The molecule has 0 amide bonds. The molecule has 0 fully saturated rings. The van der Waals surface area contributed by atoms with E-state index in [9.17, 15) is 0 Å². The minimum Gasteiger partial charge on any atom is -0.245 e. The molecule has 0 aliphatic heterocycles. The Bertz CT molecular complexity index is 1870. The average Bonchev–Trinajstić information content (AvgIpc) is 3.01. The first kappa shape index (κ1) is 22.1. The van der Waals surface area contributed by atoms with Crippen molar-refractivity contribution in [1.82, 2.24) is 9.97 Å². The summed E-state index contributed by atoms with van der Waals surface area (Å²) in [5.74, 6) is 0. The number of benzene rings is 5. The lowest BCUT2D eigenvalue weighted by molar-refractivity contribution is 1.36. The SMILES string of the molecule is c1ccc(-c2ccc3c(-c4ccccc4)cc4c(-c5ccccc5)cc(-c5ccccc5)nc4c3n2)cc1. The molecule has 2 nitrogen and oxygen atoms in total. The first-order chi connectivity index (χ1) is 18.8. The van der Waals surface area contributed by atoms with Crippen molar-refractivity contribution >= 4 is 21.8 Å². The van der Waals surface area contributed by atoms with Crippen molar-refractivity contribution in [3.05, 3.63) is 146 Å². The Morgan fingerprint density at radius 1 is 0.316 bits per heavy atom. The van der Waals surface area contributed by atoms with Crippen molar-refractivity contribution in [3.63, 3.8) is 0 Å². The Labute approximate surface area is 221 Å². The van der Waals surface area contributed by atoms with Crippen LogP contribution in [0.25, 0.3) is 66.6 Å². The summed E-state index contributed by atoms with van der Waals surface area (Å²) in [4.78, 5) is 10.5. The lowest BCUT2D eigenvalue weighted by Crippen LogP contribution is -1.95. The van der Waals surface area contributed by atoms with Crippen molar-refractivity contribution in [2.24, 2.45) is 0 Å². The van der Waals surface area contributed by atoms with Crippen molar-refractivity contribution in [3.8, 4) is 44.8 Å². The molecular formula is C36H24N2. The van der Waals surface area contributed by atoms with Crippen LogP contribution in [0.2, 0.25) is 0 Å². The predicted octanol–water partition coefficient (Wildman–Crippen LogP) is 9.45. The number of rotatable bonds is 4. The zero-order chi connectivity index (χ0) is 25.3. The highest BCUT2D eigenvalue weighted by atomic mass is 14.8. The van der Waals surface area contributed by atoms with E-state index < -0.39 is 0 Å². The van der Waals surface area contributed by atoms with Crippen molar-refractivity contribution in [2.75, 3.05) is 0 Å². The summed E-state index contributed by atoms with van der Waals surface area (Å²) in [6.07, 6.45) is 0. The summed E-state index contributed by atoms with van der Waals surface area (Å²) < 4.78 is 0. The van der Waals surface area contributed by atoms with Crippen LogP contribution in [0, 0.1) is 0 Å². The summed E-state index contributed by atoms with van der Waals surface area (Å²) in [6.45, 7) is 0. The van der Waals surface area contributed by atoms with E-state index in [0.717, 1.165) is 61.0 Å². The van der Waals surface area contributed by atoms with Crippen molar-refractivity contribution < 1.29 is 0 Å². The van der Waals surface area contributed by atoms with Crippen LogP contribution in [0.3, 0.4) is 0 Å². The maximum Gasteiger partial charge on any atom is 0.0979 e.